The van der Waals surface area contributed by atoms with Crippen molar-refractivity contribution < 1.29 is 0 Å². The Morgan fingerprint density at radius 1 is 0.446 bits per heavy atom. The highest BCUT2D eigenvalue weighted by atomic mass is 32.1. The van der Waals surface area contributed by atoms with Gasteiger partial charge >= 0.3 is 0 Å². The van der Waals surface area contributed by atoms with Gasteiger partial charge in [-0.2, -0.15) is 0 Å². The molecule has 2 heteroatoms. The number of anilines is 3. The van der Waals surface area contributed by atoms with Gasteiger partial charge in [-0.1, -0.05) is 154 Å². The Morgan fingerprint density at radius 3 is 1.94 bits per heavy atom. The highest BCUT2D eigenvalue weighted by Gasteiger charge is 2.55. The smallest absolute Gasteiger partial charge is 0.0468 e. The van der Waals surface area contributed by atoms with Gasteiger partial charge in [0.2, 0.25) is 0 Å². The van der Waals surface area contributed by atoms with Crippen molar-refractivity contribution in [2.75, 3.05) is 4.90 Å². The minimum atomic E-state index is 0.104. The summed E-state index contributed by atoms with van der Waals surface area (Å²) in [7, 11) is 0. The number of rotatable bonds is 5. The number of hydrogen-bond donors (Lipinski definition) is 0. The molecule has 5 aliphatic rings. The molecule has 316 valence electrons. The fourth-order valence-electron chi connectivity index (χ4n) is 14.6. The quantitative estimate of drug-likeness (QED) is 0.167. The number of hydrogen-bond acceptors (Lipinski definition) is 2. The summed E-state index contributed by atoms with van der Waals surface area (Å²) in [5.74, 6) is 2.31. The molecule has 3 fully saturated rings. The fourth-order valence-corrected chi connectivity index (χ4v) is 15.7. The first-order valence-electron chi connectivity index (χ1n) is 24.5. The summed E-state index contributed by atoms with van der Waals surface area (Å²) < 4.78 is 2.68. The van der Waals surface area contributed by atoms with E-state index in [1.807, 2.05) is 11.3 Å². The van der Waals surface area contributed by atoms with Gasteiger partial charge in [-0.15, -0.1) is 11.3 Å². The van der Waals surface area contributed by atoms with Gasteiger partial charge in [0.1, 0.15) is 0 Å². The molecule has 9 aromatic rings. The van der Waals surface area contributed by atoms with Crippen molar-refractivity contribution in [2.24, 2.45) is 17.8 Å². The van der Waals surface area contributed by atoms with Crippen molar-refractivity contribution in [3.63, 3.8) is 0 Å². The van der Waals surface area contributed by atoms with E-state index in [4.69, 9.17) is 0 Å². The molecule has 14 rings (SSSR count). The number of benzene rings is 8. The number of fused-ring (bicyclic) bond motifs is 16. The van der Waals surface area contributed by atoms with E-state index in [1.165, 1.54) is 151 Å². The van der Waals surface area contributed by atoms with Crippen LogP contribution in [0.1, 0.15) is 87.0 Å². The lowest BCUT2D eigenvalue weighted by atomic mass is 9.51. The zero-order chi connectivity index (χ0) is 42.9. The molecule has 1 heterocycles. The van der Waals surface area contributed by atoms with Crippen molar-refractivity contribution in [3.05, 3.63) is 198 Å². The number of nitrogens with zero attached hydrogens (tertiary/aromatic N) is 1. The van der Waals surface area contributed by atoms with Gasteiger partial charge in [-0.25, -0.2) is 0 Å². The lowest BCUT2D eigenvalue weighted by molar-refractivity contribution is 0.0670. The maximum absolute atomic E-state index is 2.57. The average molecular weight is 856 g/mol. The predicted octanol–water partition coefficient (Wildman–Crippen LogP) is 17.8. The second kappa shape index (κ2) is 14.4. The van der Waals surface area contributed by atoms with Crippen LogP contribution in [0.4, 0.5) is 17.1 Å². The maximum Gasteiger partial charge on any atom is 0.0468 e. The van der Waals surface area contributed by atoms with E-state index in [2.05, 4.69) is 188 Å². The molecule has 0 aliphatic heterocycles. The molecule has 0 N–H and O–H groups in total. The molecule has 1 nitrogen and oxygen atoms in total. The molecule has 0 amide bonds. The van der Waals surface area contributed by atoms with Crippen molar-refractivity contribution in [1.29, 1.82) is 0 Å². The SMILES string of the molecule is C[C@H]1CC2CCC[C@H](C2)[C@@]12c1ccccc1-c1cc(-c3ccc4c(c3)sc3ccc(N(c5ccc(-c6ccccc6)cc5)c5ccc6c(c5)C5(CCCC5)c5ccccc5-6)cc34)ccc12. The minimum absolute atomic E-state index is 0.104. The first-order chi connectivity index (χ1) is 32.1. The number of thiophene rings is 1. The minimum Gasteiger partial charge on any atom is -0.310 e. The maximum atomic E-state index is 2.57. The predicted molar refractivity (Wildman–Crippen MR) is 275 cm³/mol. The monoisotopic (exact) mass is 855 g/mol. The summed E-state index contributed by atoms with van der Waals surface area (Å²) >= 11 is 1.93. The lowest BCUT2D eigenvalue weighted by Gasteiger charge is -2.53. The third kappa shape index (κ3) is 5.50. The van der Waals surface area contributed by atoms with Gasteiger partial charge in [0.05, 0.1) is 0 Å². The van der Waals surface area contributed by atoms with Crippen molar-refractivity contribution >= 4 is 48.6 Å². The zero-order valence-electron chi connectivity index (χ0n) is 37.2. The van der Waals surface area contributed by atoms with Crippen molar-refractivity contribution in [2.45, 2.75) is 75.5 Å². The van der Waals surface area contributed by atoms with Crippen LogP contribution >= 0.6 is 11.3 Å². The summed E-state index contributed by atoms with van der Waals surface area (Å²) in [4.78, 5) is 2.51. The van der Waals surface area contributed by atoms with Crippen molar-refractivity contribution in [3.8, 4) is 44.5 Å². The van der Waals surface area contributed by atoms with Gasteiger partial charge in [0.15, 0.2) is 0 Å². The standard InChI is InChI=1S/C63H53NS/c1-40-34-41-12-11-15-46(35-41)63(40)57-19-8-6-17-51(57)54-36-44(23-30-58(54)63)45-22-28-53-55-38-48(27-31-60(55)65-61(53)37-45)64(47-24-20-43(21-25-47)42-13-3-2-4-14-42)49-26-29-52-50-16-5-7-18-56(50)62(59(52)39-49)32-9-10-33-62/h2-8,13-14,16-31,36-41,46H,9-12,15,32-35H2,1H3/t40-,41?,46+,63+/m0/s1. The summed E-state index contributed by atoms with van der Waals surface area (Å²) in [6.45, 7) is 2.57. The highest BCUT2D eigenvalue weighted by molar-refractivity contribution is 7.25. The molecule has 4 atom stereocenters. The largest absolute Gasteiger partial charge is 0.310 e. The summed E-state index contributed by atoms with van der Waals surface area (Å²) in [6.07, 6.45) is 11.9. The molecular weight excluding hydrogens is 803 g/mol. The first-order valence-corrected chi connectivity index (χ1v) is 25.3. The summed E-state index contributed by atoms with van der Waals surface area (Å²) in [5.41, 5.74) is 21.0. The zero-order valence-corrected chi connectivity index (χ0v) is 38.0. The Kier molecular flexibility index (Phi) is 8.43. The molecule has 65 heavy (non-hydrogen) atoms. The molecule has 0 saturated heterocycles. The van der Waals surface area contributed by atoms with Crippen LogP contribution < -0.4 is 4.90 Å². The van der Waals surface area contributed by atoms with Crippen LogP contribution in [0.2, 0.25) is 0 Å². The van der Waals surface area contributed by atoms with E-state index in [0.29, 0.717) is 5.92 Å². The molecule has 5 aliphatic carbocycles. The fraction of sp³-hybridized carbons (Fsp3) is 0.238. The van der Waals surface area contributed by atoms with Crippen LogP contribution in [0.15, 0.2) is 176 Å². The van der Waals surface area contributed by atoms with Gasteiger partial charge in [0.25, 0.3) is 0 Å². The van der Waals surface area contributed by atoms with Crippen LogP contribution in [0.3, 0.4) is 0 Å². The van der Waals surface area contributed by atoms with Crippen molar-refractivity contribution in [1.82, 2.24) is 0 Å². The van der Waals surface area contributed by atoms with Gasteiger partial charge in [0, 0.05) is 48.1 Å². The van der Waals surface area contributed by atoms with Crippen LogP contribution in [0.25, 0.3) is 64.7 Å². The van der Waals surface area contributed by atoms with E-state index in [9.17, 15) is 0 Å². The highest BCUT2D eigenvalue weighted by Crippen LogP contribution is 2.64. The molecule has 2 bridgehead atoms. The topological polar surface area (TPSA) is 3.24 Å². The Hall–Kier alpha value is -6.22. The van der Waals surface area contributed by atoms with E-state index in [1.54, 1.807) is 11.1 Å². The van der Waals surface area contributed by atoms with Gasteiger partial charge in [-0.3, -0.25) is 0 Å². The average Bonchev–Trinajstić information content (AvgIpc) is 4.13. The first kappa shape index (κ1) is 38.1. The van der Waals surface area contributed by atoms with E-state index >= 15 is 0 Å². The Labute approximate surface area is 387 Å². The summed E-state index contributed by atoms with van der Waals surface area (Å²) in [5, 5.41) is 2.65. The summed E-state index contributed by atoms with van der Waals surface area (Å²) in [6, 6.07) is 67.9. The Morgan fingerprint density at radius 2 is 1.09 bits per heavy atom. The molecule has 8 aromatic carbocycles. The second-order valence-electron chi connectivity index (χ2n) is 20.3. The normalized spacial score (nSPS) is 22.0. The third-order valence-electron chi connectivity index (χ3n) is 17.3. The van der Waals surface area contributed by atoms with Crippen LogP contribution in [0.5, 0.6) is 0 Å². The Bertz CT molecular complexity index is 3350. The van der Waals surface area contributed by atoms with Crippen LogP contribution in [-0.2, 0) is 10.8 Å². The molecule has 3 saturated carbocycles. The van der Waals surface area contributed by atoms with E-state index < -0.39 is 0 Å². The Balaban J connectivity index is 0.871. The molecular formula is C63H53NS. The van der Waals surface area contributed by atoms with Gasteiger partial charge in [-0.05, 0) is 171 Å². The van der Waals surface area contributed by atoms with Crippen LogP contribution in [-0.4, -0.2) is 0 Å². The molecule has 1 aromatic heterocycles. The lowest BCUT2D eigenvalue weighted by Crippen LogP contribution is -2.47. The van der Waals surface area contributed by atoms with Gasteiger partial charge < -0.3 is 4.90 Å². The third-order valence-corrected chi connectivity index (χ3v) is 18.4. The molecule has 2 spiro atoms. The van der Waals surface area contributed by atoms with Crippen LogP contribution in [0, 0.1) is 17.8 Å². The molecule has 1 unspecified atom stereocenters. The van der Waals surface area contributed by atoms with E-state index in [-0.39, 0.29) is 10.8 Å². The second-order valence-corrected chi connectivity index (χ2v) is 21.4. The van der Waals surface area contributed by atoms with E-state index in [0.717, 1.165) is 11.8 Å². The molecule has 0 radical (unpaired) electrons.